The molecule has 0 saturated carbocycles. The summed E-state index contributed by atoms with van der Waals surface area (Å²) in [6.45, 7) is 4.60. The molecular formula is C17H27NO3. The van der Waals surface area contributed by atoms with Crippen LogP contribution in [-0.4, -0.2) is 28.6 Å². The van der Waals surface area contributed by atoms with Gasteiger partial charge < -0.3 is 15.5 Å². The van der Waals surface area contributed by atoms with E-state index >= 15 is 0 Å². The molecule has 0 heterocycles. The van der Waals surface area contributed by atoms with E-state index in [1.807, 2.05) is 6.92 Å². The number of nitrogens with one attached hydrogen (secondary N) is 1. The van der Waals surface area contributed by atoms with Gasteiger partial charge in [-0.3, -0.25) is 4.79 Å². The second kappa shape index (κ2) is 9.53. The molecule has 0 aromatic heterocycles. The van der Waals surface area contributed by atoms with Gasteiger partial charge in [0.2, 0.25) is 0 Å². The van der Waals surface area contributed by atoms with Crippen molar-refractivity contribution in [1.82, 2.24) is 5.32 Å². The molecule has 1 rings (SSSR count). The van der Waals surface area contributed by atoms with E-state index in [9.17, 15) is 15.0 Å². The lowest BCUT2D eigenvalue weighted by atomic mass is 10.0. The van der Waals surface area contributed by atoms with Crippen LogP contribution in [0.15, 0.2) is 24.3 Å². The number of Topliss-reactive ketones (excluding diaryl/α,β-unsaturated/α-hetero) is 1. The molecule has 0 radical (unpaired) electrons. The Labute approximate surface area is 127 Å². The Morgan fingerprint density at radius 1 is 1.19 bits per heavy atom. The van der Waals surface area contributed by atoms with Crippen LogP contribution in [0.2, 0.25) is 0 Å². The number of benzene rings is 1. The fourth-order valence-corrected chi connectivity index (χ4v) is 2.21. The molecule has 2 unspecified atom stereocenters. The zero-order valence-corrected chi connectivity index (χ0v) is 13.0. The fourth-order valence-electron chi connectivity index (χ4n) is 2.21. The first-order valence-electron chi connectivity index (χ1n) is 7.76. The second-order valence-corrected chi connectivity index (χ2v) is 5.52. The number of unbranched alkanes of at least 4 members (excludes halogenated alkanes) is 2. The van der Waals surface area contributed by atoms with E-state index in [-0.39, 0.29) is 17.6 Å². The summed E-state index contributed by atoms with van der Waals surface area (Å²) in [4.78, 5) is 11.6. The van der Waals surface area contributed by atoms with Crippen molar-refractivity contribution in [3.05, 3.63) is 29.8 Å². The van der Waals surface area contributed by atoms with E-state index in [0.717, 1.165) is 24.8 Å². The van der Waals surface area contributed by atoms with Crippen LogP contribution in [0, 0.1) is 0 Å². The topological polar surface area (TPSA) is 69.6 Å². The Morgan fingerprint density at radius 2 is 1.86 bits per heavy atom. The van der Waals surface area contributed by atoms with Gasteiger partial charge in [-0.05, 0) is 31.0 Å². The van der Waals surface area contributed by atoms with Gasteiger partial charge in [0.25, 0.3) is 0 Å². The molecule has 1 aromatic rings. The average molecular weight is 293 g/mol. The quantitative estimate of drug-likeness (QED) is 0.580. The minimum atomic E-state index is -0.652. The van der Waals surface area contributed by atoms with Crippen molar-refractivity contribution in [2.45, 2.75) is 58.1 Å². The van der Waals surface area contributed by atoms with Crippen LogP contribution in [0.25, 0.3) is 0 Å². The summed E-state index contributed by atoms with van der Waals surface area (Å²) in [7, 11) is 0. The van der Waals surface area contributed by atoms with Gasteiger partial charge in [-0.1, -0.05) is 31.9 Å². The highest BCUT2D eigenvalue weighted by molar-refractivity contribution is 5.78. The number of phenolic OH excluding ortho intramolecular Hbond substituents is 1. The van der Waals surface area contributed by atoms with E-state index in [1.54, 1.807) is 24.3 Å². The molecule has 0 fully saturated rings. The Bertz CT molecular complexity index is 417. The first-order valence-corrected chi connectivity index (χ1v) is 7.76. The summed E-state index contributed by atoms with van der Waals surface area (Å²) in [5, 5.41) is 22.6. The van der Waals surface area contributed by atoms with Crippen LogP contribution in [-0.2, 0) is 4.79 Å². The van der Waals surface area contributed by atoms with Crippen molar-refractivity contribution >= 4 is 5.78 Å². The molecular weight excluding hydrogens is 266 g/mol. The van der Waals surface area contributed by atoms with Crippen molar-refractivity contribution in [2.75, 3.05) is 6.54 Å². The van der Waals surface area contributed by atoms with Gasteiger partial charge in [0.1, 0.15) is 11.5 Å². The largest absolute Gasteiger partial charge is 0.508 e. The van der Waals surface area contributed by atoms with E-state index in [1.165, 1.54) is 0 Å². The lowest BCUT2D eigenvalue weighted by molar-refractivity contribution is -0.119. The Balaban J connectivity index is 2.28. The molecule has 21 heavy (non-hydrogen) atoms. The van der Waals surface area contributed by atoms with Crippen LogP contribution in [0.5, 0.6) is 5.75 Å². The number of aromatic hydroxyl groups is 1. The Kier molecular flexibility index (Phi) is 8.01. The number of ketones is 1. The van der Waals surface area contributed by atoms with Crippen molar-refractivity contribution in [3.8, 4) is 5.75 Å². The molecule has 4 nitrogen and oxygen atoms in total. The van der Waals surface area contributed by atoms with Gasteiger partial charge in [0, 0.05) is 25.4 Å². The maximum atomic E-state index is 11.6. The van der Waals surface area contributed by atoms with Crippen molar-refractivity contribution in [2.24, 2.45) is 0 Å². The van der Waals surface area contributed by atoms with Crippen LogP contribution >= 0.6 is 0 Å². The standard InChI is InChI=1S/C17H27NO3/c1-3-4-5-6-15(19)11-12-18-13(2)17(21)14-7-9-16(20)10-8-14/h7-10,13,17-18,20-21H,3-6,11-12H2,1-2H3. The van der Waals surface area contributed by atoms with Gasteiger partial charge in [0.05, 0.1) is 6.10 Å². The van der Waals surface area contributed by atoms with Crippen molar-refractivity contribution < 1.29 is 15.0 Å². The molecule has 2 atom stereocenters. The number of rotatable bonds is 10. The lowest BCUT2D eigenvalue weighted by Crippen LogP contribution is -2.33. The van der Waals surface area contributed by atoms with E-state index in [2.05, 4.69) is 12.2 Å². The lowest BCUT2D eigenvalue weighted by Gasteiger charge is -2.20. The first kappa shape index (κ1) is 17.7. The highest BCUT2D eigenvalue weighted by Crippen LogP contribution is 2.19. The van der Waals surface area contributed by atoms with Crippen LogP contribution < -0.4 is 5.32 Å². The van der Waals surface area contributed by atoms with E-state index in [4.69, 9.17) is 0 Å². The molecule has 118 valence electrons. The number of aliphatic hydroxyl groups is 1. The summed E-state index contributed by atoms with van der Waals surface area (Å²) in [5.41, 5.74) is 0.752. The molecule has 0 bridgehead atoms. The fraction of sp³-hybridized carbons (Fsp3) is 0.588. The SMILES string of the molecule is CCCCCC(=O)CCNC(C)C(O)c1ccc(O)cc1. The predicted octanol–water partition coefficient (Wildman–Crippen LogP) is 2.94. The predicted molar refractivity (Wildman–Crippen MR) is 84.3 cm³/mol. The molecule has 0 aliphatic carbocycles. The third-order valence-corrected chi connectivity index (χ3v) is 3.64. The molecule has 0 amide bonds. The van der Waals surface area contributed by atoms with Crippen LogP contribution in [0.4, 0.5) is 0 Å². The molecule has 0 aliphatic rings. The highest BCUT2D eigenvalue weighted by atomic mass is 16.3. The third kappa shape index (κ3) is 6.74. The average Bonchev–Trinajstić information content (AvgIpc) is 2.47. The Hall–Kier alpha value is -1.39. The zero-order valence-electron chi connectivity index (χ0n) is 13.0. The highest BCUT2D eigenvalue weighted by Gasteiger charge is 2.16. The summed E-state index contributed by atoms with van der Waals surface area (Å²) in [6.07, 6.45) is 3.72. The number of hydrogen-bond donors (Lipinski definition) is 3. The molecule has 3 N–H and O–H groups in total. The summed E-state index contributed by atoms with van der Waals surface area (Å²) in [6, 6.07) is 6.38. The van der Waals surface area contributed by atoms with Crippen molar-refractivity contribution in [3.63, 3.8) is 0 Å². The molecule has 0 aliphatic heterocycles. The van der Waals surface area contributed by atoms with Crippen LogP contribution in [0.3, 0.4) is 0 Å². The summed E-state index contributed by atoms with van der Waals surface area (Å²) >= 11 is 0. The molecule has 4 heteroatoms. The van der Waals surface area contributed by atoms with Gasteiger partial charge in [0.15, 0.2) is 0 Å². The summed E-state index contributed by atoms with van der Waals surface area (Å²) in [5.74, 6) is 0.464. The normalized spacial score (nSPS) is 13.9. The molecule has 0 saturated heterocycles. The third-order valence-electron chi connectivity index (χ3n) is 3.64. The van der Waals surface area contributed by atoms with E-state index in [0.29, 0.717) is 19.4 Å². The van der Waals surface area contributed by atoms with Gasteiger partial charge in [-0.15, -0.1) is 0 Å². The molecule has 0 spiro atoms. The van der Waals surface area contributed by atoms with Gasteiger partial charge in [-0.2, -0.15) is 0 Å². The van der Waals surface area contributed by atoms with Crippen LogP contribution in [0.1, 0.15) is 57.6 Å². The first-order chi connectivity index (χ1) is 10.0. The molecule has 1 aromatic carbocycles. The van der Waals surface area contributed by atoms with Crippen molar-refractivity contribution in [1.29, 1.82) is 0 Å². The summed E-state index contributed by atoms with van der Waals surface area (Å²) < 4.78 is 0. The maximum absolute atomic E-state index is 11.6. The zero-order chi connectivity index (χ0) is 15.7. The number of aliphatic hydroxyl groups excluding tert-OH is 1. The number of phenols is 1. The number of carbonyl (C=O) groups excluding carboxylic acids is 1. The number of carbonyl (C=O) groups is 1. The van der Waals surface area contributed by atoms with Gasteiger partial charge in [-0.25, -0.2) is 0 Å². The minimum Gasteiger partial charge on any atom is -0.508 e. The Morgan fingerprint density at radius 3 is 2.48 bits per heavy atom. The second-order valence-electron chi connectivity index (χ2n) is 5.52. The van der Waals surface area contributed by atoms with E-state index < -0.39 is 6.10 Å². The van der Waals surface area contributed by atoms with Gasteiger partial charge >= 0.3 is 0 Å². The number of hydrogen-bond acceptors (Lipinski definition) is 4. The maximum Gasteiger partial charge on any atom is 0.134 e. The smallest absolute Gasteiger partial charge is 0.134 e. The minimum absolute atomic E-state index is 0.141. The monoisotopic (exact) mass is 293 g/mol.